The Morgan fingerprint density at radius 3 is 2.06 bits per heavy atom. The molecule has 0 unspecified atom stereocenters. The highest BCUT2D eigenvalue weighted by atomic mass is 35.5. The van der Waals surface area contributed by atoms with Gasteiger partial charge < -0.3 is 25.6 Å². The number of hydrogen-bond donors (Lipinski definition) is 4. The standard InChI is InChI=1S/C27H35ClN4O3S.C4F6O2/c28-22-8-4-1-5-19(22)11-14-29-16-13-24(34)32(21-6-2-3-7-21)18-17-30-15-12-20-9-10-23(33)25-26(20)36-27(35)31-25;5-3(6,7)1(11)2(12)4(8,9)10/h1,4-5,8-10,21,29-30,33H,2-3,6-7,11-18H2,(H,31,35);. The highest BCUT2D eigenvalue weighted by molar-refractivity contribution is 7.16. The lowest BCUT2D eigenvalue weighted by molar-refractivity contribution is -0.193. The zero-order valence-electron chi connectivity index (χ0n) is 25.6. The molecule has 264 valence electrons. The van der Waals surface area contributed by atoms with Crippen molar-refractivity contribution >= 4 is 50.6 Å². The van der Waals surface area contributed by atoms with E-state index in [1.807, 2.05) is 30.3 Å². The minimum absolute atomic E-state index is 0.101. The summed E-state index contributed by atoms with van der Waals surface area (Å²) < 4.78 is 67.8. The molecule has 1 aromatic heterocycles. The van der Waals surface area contributed by atoms with Gasteiger partial charge in [0.1, 0.15) is 11.3 Å². The van der Waals surface area contributed by atoms with Crippen LogP contribution in [0.4, 0.5) is 26.3 Å². The molecule has 2 aromatic carbocycles. The Balaban J connectivity index is 0.000000444. The number of phenolic OH excluding ortho intramolecular Hbond substituents is 1. The van der Waals surface area contributed by atoms with Crippen molar-refractivity contribution in [2.24, 2.45) is 0 Å². The Bertz CT molecular complexity index is 1580. The predicted octanol–water partition coefficient (Wildman–Crippen LogP) is 5.32. The van der Waals surface area contributed by atoms with Crippen molar-refractivity contribution in [3.8, 4) is 5.75 Å². The van der Waals surface area contributed by atoms with Crippen LogP contribution in [0.3, 0.4) is 0 Å². The van der Waals surface area contributed by atoms with E-state index in [1.54, 1.807) is 6.07 Å². The van der Waals surface area contributed by atoms with E-state index in [0.717, 1.165) is 77.5 Å². The minimum atomic E-state index is -5.77. The first-order chi connectivity index (χ1) is 22.6. The summed E-state index contributed by atoms with van der Waals surface area (Å²) in [4.78, 5) is 48.6. The van der Waals surface area contributed by atoms with Crippen molar-refractivity contribution < 1.29 is 45.8 Å². The molecule has 1 aliphatic rings. The molecule has 4 N–H and O–H groups in total. The van der Waals surface area contributed by atoms with E-state index >= 15 is 0 Å². The van der Waals surface area contributed by atoms with Gasteiger partial charge in [-0.05, 0) is 62.0 Å². The first-order valence-electron chi connectivity index (χ1n) is 15.1. The molecular weight excluding hydrogens is 690 g/mol. The van der Waals surface area contributed by atoms with Crippen LogP contribution in [0, 0.1) is 0 Å². The number of amides is 1. The number of thiazole rings is 1. The summed E-state index contributed by atoms with van der Waals surface area (Å²) in [6, 6.07) is 11.7. The summed E-state index contributed by atoms with van der Waals surface area (Å²) in [6.45, 7) is 3.62. The molecule has 0 radical (unpaired) electrons. The Kier molecular flexibility index (Phi) is 14.4. The molecule has 0 aliphatic heterocycles. The summed E-state index contributed by atoms with van der Waals surface area (Å²) in [5.74, 6) is -6.50. The summed E-state index contributed by atoms with van der Waals surface area (Å²) in [7, 11) is 0. The first-order valence-corrected chi connectivity index (χ1v) is 16.3. The molecule has 9 nitrogen and oxygen atoms in total. The Morgan fingerprint density at radius 1 is 0.875 bits per heavy atom. The summed E-state index contributed by atoms with van der Waals surface area (Å²) in [6.07, 6.45) is -4.90. The van der Waals surface area contributed by atoms with Gasteiger partial charge in [0.25, 0.3) is 0 Å². The van der Waals surface area contributed by atoms with Gasteiger partial charge in [0.2, 0.25) is 5.91 Å². The minimum Gasteiger partial charge on any atom is -0.506 e. The van der Waals surface area contributed by atoms with Crippen LogP contribution in [0.2, 0.25) is 5.02 Å². The SMILES string of the molecule is O=C(C(=O)C(F)(F)F)C(F)(F)F.O=C(CCNCCc1ccccc1Cl)N(CCNCCc1ccc(O)c2[nH]c(=O)sc12)C1CCCC1. The van der Waals surface area contributed by atoms with Crippen LogP contribution in [0.5, 0.6) is 5.75 Å². The number of rotatable bonds is 14. The molecule has 0 spiro atoms. The van der Waals surface area contributed by atoms with E-state index in [-0.39, 0.29) is 16.5 Å². The molecule has 1 aliphatic carbocycles. The molecule has 0 saturated heterocycles. The van der Waals surface area contributed by atoms with Gasteiger partial charge in [0, 0.05) is 37.1 Å². The Morgan fingerprint density at radius 2 is 1.46 bits per heavy atom. The van der Waals surface area contributed by atoms with Gasteiger partial charge in [-0.25, -0.2) is 0 Å². The van der Waals surface area contributed by atoms with E-state index in [2.05, 4.69) is 20.5 Å². The summed E-state index contributed by atoms with van der Waals surface area (Å²) >= 11 is 7.35. The average molecular weight is 725 g/mol. The monoisotopic (exact) mass is 724 g/mol. The number of phenols is 1. The second-order valence-electron chi connectivity index (χ2n) is 11.0. The van der Waals surface area contributed by atoms with Gasteiger partial charge >= 0.3 is 28.8 Å². The molecule has 17 heteroatoms. The number of halogens is 7. The number of aromatic hydroxyl groups is 1. The van der Waals surface area contributed by atoms with Gasteiger partial charge in [-0.3, -0.25) is 19.2 Å². The smallest absolute Gasteiger partial charge is 0.458 e. The van der Waals surface area contributed by atoms with Crippen molar-refractivity contribution in [1.29, 1.82) is 0 Å². The lowest BCUT2D eigenvalue weighted by Gasteiger charge is -2.29. The zero-order chi connectivity index (χ0) is 35.5. The van der Waals surface area contributed by atoms with Crippen molar-refractivity contribution in [2.75, 3.05) is 32.7 Å². The van der Waals surface area contributed by atoms with E-state index < -0.39 is 23.9 Å². The highest BCUT2D eigenvalue weighted by Crippen LogP contribution is 2.28. The number of nitrogens with zero attached hydrogens (tertiary/aromatic N) is 1. The third kappa shape index (κ3) is 11.6. The van der Waals surface area contributed by atoms with E-state index in [0.29, 0.717) is 31.1 Å². The zero-order valence-corrected chi connectivity index (χ0v) is 27.2. The number of aromatic amines is 1. The van der Waals surface area contributed by atoms with Crippen LogP contribution in [-0.2, 0) is 27.2 Å². The number of carbonyl (C=O) groups is 3. The second kappa shape index (κ2) is 17.8. The maximum absolute atomic E-state index is 13.1. The van der Waals surface area contributed by atoms with Crippen molar-refractivity contribution in [1.82, 2.24) is 20.5 Å². The lowest BCUT2D eigenvalue weighted by Crippen LogP contribution is -2.44. The summed E-state index contributed by atoms with van der Waals surface area (Å²) in [5.41, 5.74) is 2.67. The van der Waals surface area contributed by atoms with E-state index in [4.69, 9.17) is 11.6 Å². The average Bonchev–Trinajstić information content (AvgIpc) is 3.70. The molecule has 1 heterocycles. The fourth-order valence-corrected chi connectivity index (χ4v) is 6.32. The molecular formula is C31H35ClF6N4O5S. The van der Waals surface area contributed by atoms with Gasteiger partial charge in [-0.1, -0.05) is 60.0 Å². The first kappa shape index (κ1) is 39.0. The third-order valence-electron chi connectivity index (χ3n) is 7.59. The molecule has 0 bridgehead atoms. The van der Waals surface area contributed by atoms with Crippen molar-refractivity contribution in [3.63, 3.8) is 0 Å². The lowest BCUT2D eigenvalue weighted by atomic mass is 10.1. The Hall–Kier alpha value is -3.47. The molecule has 48 heavy (non-hydrogen) atoms. The maximum atomic E-state index is 13.1. The predicted molar refractivity (Wildman–Crippen MR) is 169 cm³/mol. The van der Waals surface area contributed by atoms with Gasteiger partial charge in [-0.15, -0.1) is 0 Å². The van der Waals surface area contributed by atoms with Gasteiger partial charge in [0.05, 0.1) is 4.70 Å². The van der Waals surface area contributed by atoms with E-state index in [9.17, 15) is 50.6 Å². The summed E-state index contributed by atoms with van der Waals surface area (Å²) in [5, 5.41) is 17.6. The van der Waals surface area contributed by atoms with Crippen LogP contribution in [-0.4, -0.2) is 83.6 Å². The molecule has 1 saturated carbocycles. The second-order valence-corrected chi connectivity index (χ2v) is 12.4. The number of Topliss-reactive ketones (excluding diaryl/α,β-unsaturated/α-hetero) is 2. The van der Waals surface area contributed by atoms with Crippen LogP contribution in [0.25, 0.3) is 10.2 Å². The fourth-order valence-electron chi connectivity index (χ4n) is 5.19. The maximum Gasteiger partial charge on any atom is 0.458 e. The third-order valence-corrected chi connectivity index (χ3v) is 8.92. The van der Waals surface area contributed by atoms with Crippen molar-refractivity contribution in [3.05, 3.63) is 62.2 Å². The number of hydrogen-bond acceptors (Lipinski definition) is 8. The number of nitrogens with one attached hydrogen (secondary N) is 3. The molecule has 1 fully saturated rings. The number of carbonyl (C=O) groups excluding carboxylic acids is 3. The quantitative estimate of drug-likeness (QED) is 0.101. The highest BCUT2D eigenvalue weighted by Gasteiger charge is 2.54. The van der Waals surface area contributed by atoms with Crippen molar-refractivity contribution in [2.45, 2.75) is 63.3 Å². The van der Waals surface area contributed by atoms with E-state index in [1.165, 1.54) is 12.8 Å². The number of fused-ring (bicyclic) bond motifs is 1. The number of aromatic nitrogens is 1. The number of benzene rings is 2. The van der Waals surface area contributed by atoms with Crippen LogP contribution in [0.1, 0.15) is 43.2 Å². The fraction of sp³-hybridized carbons (Fsp3) is 0.484. The van der Waals surface area contributed by atoms with Crippen LogP contribution in [0.15, 0.2) is 41.2 Å². The van der Waals surface area contributed by atoms with Crippen LogP contribution >= 0.6 is 22.9 Å². The number of alkyl halides is 6. The topological polar surface area (TPSA) is 132 Å². The van der Waals surface area contributed by atoms with Gasteiger partial charge in [-0.2, -0.15) is 26.3 Å². The molecule has 0 atom stereocenters. The Labute approximate surface area is 280 Å². The normalized spacial score (nSPS) is 13.7. The largest absolute Gasteiger partial charge is 0.506 e. The number of H-pyrrole nitrogens is 1. The van der Waals surface area contributed by atoms with Crippen LogP contribution < -0.4 is 15.5 Å². The molecule has 1 amide bonds. The number of ketones is 2. The molecule has 4 rings (SSSR count). The molecule has 3 aromatic rings. The van der Waals surface area contributed by atoms with Gasteiger partial charge in [0.15, 0.2) is 0 Å².